The molecule has 2 heterocycles. The van der Waals surface area contributed by atoms with E-state index in [0.29, 0.717) is 11.0 Å². The van der Waals surface area contributed by atoms with Crippen LogP contribution >= 0.6 is 27.5 Å². The van der Waals surface area contributed by atoms with E-state index in [1.807, 2.05) is 24.3 Å². The molecule has 0 spiro atoms. The zero-order valence-electron chi connectivity index (χ0n) is 9.97. The van der Waals surface area contributed by atoms with Crippen molar-refractivity contribution in [2.24, 2.45) is 0 Å². The van der Waals surface area contributed by atoms with E-state index in [-0.39, 0.29) is 0 Å². The third kappa shape index (κ3) is 2.19. The fraction of sp³-hybridized carbons (Fsp3) is 0.0769. The Hall–Kier alpha value is -1.59. The molecule has 1 aromatic carbocycles. The number of pyridine rings is 1. The van der Waals surface area contributed by atoms with Crippen LogP contribution in [-0.4, -0.2) is 21.9 Å². The van der Waals surface area contributed by atoms with E-state index >= 15 is 0 Å². The number of nitrogens with zero attached hydrogens (tertiary/aromatic N) is 3. The zero-order chi connectivity index (χ0) is 13.4. The Morgan fingerprint density at radius 2 is 2.11 bits per heavy atom. The van der Waals surface area contributed by atoms with Crippen molar-refractivity contribution in [2.45, 2.75) is 0 Å². The average molecular weight is 339 g/mol. The second kappa shape index (κ2) is 4.83. The predicted octanol–water partition coefficient (Wildman–Crippen LogP) is 3.85. The standard InChI is InChI=1S/C13H9BrClN3O/c1-19-12-7-9(4-5-16-12)18-13(15)10-3-2-8(14)6-11(10)17-18/h2-7H,1H3. The molecule has 0 atom stereocenters. The van der Waals surface area contributed by atoms with Gasteiger partial charge in [0, 0.05) is 22.1 Å². The van der Waals surface area contributed by atoms with Crippen LogP contribution in [0.3, 0.4) is 0 Å². The highest BCUT2D eigenvalue weighted by Crippen LogP contribution is 2.28. The second-order valence-electron chi connectivity index (χ2n) is 3.92. The summed E-state index contributed by atoms with van der Waals surface area (Å²) in [5.41, 5.74) is 1.64. The van der Waals surface area contributed by atoms with E-state index in [1.165, 1.54) is 0 Å². The molecule has 0 N–H and O–H groups in total. The molecule has 0 radical (unpaired) electrons. The van der Waals surface area contributed by atoms with Gasteiger partial charge >= 0.3 is 0 Å². The normalized spacial score (nSPS) is 10.9. The molecule has 4 nitrogen and oxygen atoms in total. The molecule has 0 unspecified atom stereocenters. The van der Waals surface area contributed by atoms with Gasteiger partial charge in [-0.2, -0.15) is 5.10 Å². The molecule has 19 heavy (non-hydrogen) atoms. The highest BCUT2D eigenvalue weighted by atomic mass is 79.9. The maximum atomic E-state index is 6.36. The van der Waals surface area contributed by atoms with E-state index < -0.39 is 0 Å². The van der Waals surface area contributed by atoms with Gasteiger partial charge in [0.15, 0.2) is 0 Å². The molecule has 0 aliphatic heterocycles. The SMILES string of the molecule is COc1cc(-n2nc3cc(Br)ccc3c2Cl)ccn1. The number of methoxy groups -OCH3 is 1. The molecule has 0 aliphatic rings. The molecule has 3 rings (SSSR count). The fourth-order valence-electron chi connectivity index (χ4n) is 1.84. The van der Waals surface area contributed by atoms with Crippen molar-refractivity contribution in [2.75, 3.05) is 7.11 Å². The van der Waals surface area contributed by atoms with Crippen molar-refractivity contribution in [1.29, 1.82) is 0 Å². The molecule has 0 amide bonds. The number of hydrogen-bond acceptors (Lipinski definition) is 3. The predicted molar refractivity (Wildman–Crippen MR) is 78.1 cm³/mol. The summed E-state index contributed by atoms with van der Waals surface area (Å²) < 4.78 is 7.74. The quantitative estimate of drug-likeness (QED) is 0.712. The molecule has 0 saturated heterocycles. The van der Waals surface area contributed by atoms with Gasteiger partial charge in [0.25, 0.3) is 0 Å². The van der Waals surface area contributed by atoms with Gasteiger partial charge in [-0.1, -0.05) is 27.5 Å². The molecule has 96 valence electrons. The smallest absolute Gasteiger partial charge is 0.215 e. The summed E-state index contributed by atoms with van der Waals surface area (Å²) in [5, 5.41) is 5.96. The van der Waals surface area contributed by atoms with Crippen LogP contribution in [0.5, 0.6) is 5.88 Å². The first-order chi connectivity index (χ1) is 9.19. The summed E-state index contributed by atoms with van der Waals surface area (Å²) in [4.78, 5) is 4.07. The van der Waals surface area contributed by atoms with Crippen molar-refractivity contribution < 1.29 is 4.74 Å². The van der Waals surface area contributed by atoms with E-state index in [2.05, 4.69) is 26.0 Å². The van der Waals surface area contributed by atoms with Crippen LogP contribution in [0.2, 0.25) is 5.15 Å². The topological polar surface area (TPSA) is 39.9 Å². The molecule has 0 saturated carbocycles. The summed E-state index contributed by atoms with van der Waals surface area (Å²) in [5.74, 6) is 0.523. The summed E-state index contributed by atoms with van der Waals surface area (Å²) in [6.45, 7) is 0. The van der Waals surface area contributed by atoms with Gasteiger partial charge in [-0.05, 0) is 24.3 Å². The Balaban J connectivity index is 2.21. The third-order valence-corrected chi connectivity index (χ3v) is 3.60. The first-order valence-corrected chi connectivity index (χ1v) is 6.70. The van der Waals surface area contributed by atoms with E-state index in [1.54, 1.807) is 24.1 Å². The fourth-order valence-corrected chi connectivity index (χ4v) is 2.49. The Labute approximate surface area is 123 Å². The molecule has 3 aromatic rings. The summed E-state index contributed by atoms with van der Waals surface area (Å²) in [6.07, 6.45) is 1.66. The second-order valence-corrected chi connectivity index (χ2v) is 5.19. The van der Waals surface area contributed by atoms with Gasteiger partial charge in [-0.3, -0.25) is 0 Å². The lowest BCUT2D eigenvalue weighted by Gasteiger charge is -2.04. The maximum absolute atomic E-state index is 6.36. The maximum Gasteiger partial charge on any atom is 0.215 e. The van der Waals surface area contributed by atoms with Crippen LogP contribution in [0.4, 0.5) is 0 Å². The Morgan fingerprint density at radius 3 is 2.89 bits per heavy atom. The number of halogens is 2. The monoisotopic (exact) mass is 337 g/mol. The first kappa shape index (κ1) is 12.4. The molecular formula is C13H9BrClN3O. The van der Waals surface area contributed by atoms with Crippen LogP contribution < -0.4 is 4.74 Å². The Morgan fingerprint density at radius 1 is 1.26 bits per heavy atom. The Bertz CT molecular complexity index is 757. The molecule has 6 heteroatoms. The summed E-state index contributed by atoms with van der Waals surface area (Å²) in [6, 6.07) is 9.41. The number of benzene rings is 1. The van der Waals surface area contributed by atoms with Gasteiger partial charge < -0.3 is 4.74 Å². The van der Waals surface area contributed by atoms with E-state index in [9.17, 15) is 0 Å². The van der Waals surface area contributed by atoms with Crippen molar-refractivity contribution >= 4 is 38.4 Å². The van der Waals surface area contributed by atoms with Crippen molar-refractivity contribution in [3.8, 4) is 11.6 Å². The molecule has 0 aliphatic carbocycles. The Kier molecular flexibility index (Phi) is 3.16. The highest BCUT2D eigenvalue weighted by molar-refractivity contribution is 9.10. The minimum Gasteiger partial charge on any atom is -0.481 e. The van der Waals surface area contributed by atoms with Crippen molar-refractivity contribution in [3.05, 3.63) is 46.2 Å². The van der Waals surface area contributed by atoms with Crippen molar-refractivity contribution in [3.63, 3.8) is 0 Å². The average Bonchev–Trinajstić information content (AvgIpc) is 2.75. The van der Waals surface area contributed by atoms with Gasteiger partial charge in [0.1, 0.15) is 5.15 Å². The van der Waals surface area contributed by atoms with Crippen molar-refractivity contribution in [1.82, 2.24) is 14.8 Å². The molecule has 0 fully saturated rings. The number of fused-ring (bicyclic) bond motifs is 1. The molecule has 0 bridgehead atoms. The number of hydrogen-bond donors (Lipinski definition) is 0. The lowest BCUT2D eigenvalue weighted by molar-refractivity contribution is 0.397. The zero-order valence-corrected chi connectivity index (χ0v) is 12.3. The highest BCUT2D eigenvalue weighted by Gasteiger charge is 2.11. The van der Waals surface area contributed by atoms with Gasteiger partial charge in [0.05, 0.1) is 18.3 Å². The summed E-state index contributed by atoms with van der Waals surface area (Å²) in [7, 11) is 1.57. The molecular weight excluding hydrogens is 330 g/mol. The van der Waals surface area contributed by atoms with Gasteiger partial charge in [0.2, 0.25) is 5.88 Å². The lowest BCUT2D eigenvalue weighted by atomic mass is 10.3. The molecule has 2 aromatic heterocycles. The van der Waals surface area contributed by atoms with E-state index in [0.717, 1.165) is 21.1 Å². The largest absolute Gasteiger partial charge is 0.481 e. The number of ether oxygens (including phenoxy) is 1. The van der Waals surface area contributed by atoms with E-state index in [4.69, 9.17) is 16.3 Å². The van der Waals surface area contributed by atoms with Crippen LogP contribution in [-0.2, 0) is 0 Å². The van der Waals surface area contributed by atoms with Crippen LogP contribution in [0, 0.1) is 0 Å². The lowest BCUT2D eigenvalue weighted by Crippen LogP contribution is -1.97. The van der Waals surface area contributed by atoms with Crippen LogP contribution in [0.25, 0.3) is 16.6 Å². The van der Waals surface area contributed by atoms with Crippen LogP contribution in [0.1, 0.15) is 0 Å². The van der Waals surface area contributed by atoms with Gasteiger partial charge in [-0.25, -0.2) is 9.67 Å². The first-order valence-electron chi connectivity index (χ1n) is 5.53. The van der Waals surface area contributed by atoms with Crippen LogP contribution in [0.15, 0.2) is 41.0 Å². The summed E-state index contributed by atoms with van der Waals surface area (Å²) >= 11 is 9.79. The minimum absolute atomic E-state index is 0.523. The minimum atomic E-state index is 0.523. The van der Waals surface area contributed by atoms with Gasteiger partial charge in [-0.15, -0.1) is 0 Å². The number of rotatable bonds is 2. The number of aromatic nitrogens is 3. The third-order valence-electron chi connectivity index (χ3n) is 2.75.